The summed E-state index contributed by atoms with van der Waals surface area (Å²) >= 11 is 0. The Kier molecular flexibility index (Phi) is 5.71. The summed E-state index contributed by atoms with van der Waals surface area (Å²) in [5, 5.41) is 0. The molecule has 0 unspecified atom stereocenters. The molecule has 0 bridgehead atoms. The van der Waals surface area contributed by atoms with E-state index in [0.29, 0.717) is 31.7 Å². The molecule has 1 saturated heterocycles. The fraction of sp³-hybridized carbons (Fsp3) is 0.364. The van der Waals surface area contributed by atoms with Crippen LogP contribution in [0, 0.1) is 19.8 Å². The zero-order valence-corrected chi connectivity index (χ0v) is 15.4. The number of likely N-dealkylation sites (tertiary alicyclic amines) is 1. The number of nitrogens with zero attached hydrogens (tertiary/aromatic N) is 1. The molecule has 2 aromatic rings. The number of para-hydroxylation sites is 1. The fourth-order valence-corrected chi connectivity index (χ4v) is 3.45. The Morgan fingerprint density at radius 3 is 2.38 bits per heavy atom. The van der Waals surface area contributed by atoms with Crippen LogP contribution in [0.1, 0.15) is 34.3 Å². The van der Waals surface area contributed by atoms with E-state index >= 15 is 0 Å². The Hall–Kier alpha value is -2.62. The second kappa shape index (κ2) is 8.17. The van der Waals surface area contributed by atoms with Gasteiger partial charge >= 0.3 is 0 Å². The van der Waals surface area contributed by atoms with E-state index < -0.39 is 0 Å². The van der Waals surface area contributed by atoms with E-state index in [2.05, 4.69) is 0 Å². The smallest absolute Gasteiger partial charge is 0.260 e. The first-order valence-electron chi connectivity index (χ1n) is 9.11. The Labute approximate surface area is 154 Å². The van der Waals surface area contributed by atoms with Crippen LogP contribution in [0.5, 0.6) is 5.75 Å². The zero-order valence-electron chi connectivity index (χ0n) is 15.4. The molecule has 1 heterocycles. The Balaban J connectivity index is 1.52. The van der Waals surface area contributed by atoms with Gasteiger partial charge < -0.3 is 9.64 Å². The van der Waals surface area contributed by atoms with Crippen molar-refractivity contribution in [3.8, 4) is 5.75 Å². The summed E-state index contributed by atoms with van der Waals surface area (Å²) in [4.78, 5) is 26.9. The molecule has 4 heteroatoms. The molecule has 0 radical (unpaired) electrons. The highest BCUT2D eigenvalue weighted by molar-refractivity contribution is 5.99. The summed E-state index contributed by atoms with van der Waals surface area (Å²) in [6.45, 7) is 5.28. The molecule has 136 valence electrons. The SMILES string of the molecule is Cc1ccc(C(=O)C2CCN(C(=O)COc3ccccc3)CC2)c(C)c1. The molecular formula is C22H25NO3. The average Bonchev–Trinajstić information content (AvgIpc) is 2.66. The van der Waals surface area contributed by atoms with Crippen LogP contribution < -0.4 is 4.74 Å². The quantitative estimate of drug-likeness (QED) is 0.770. The fourth-order valence-electron chi connectivity index (χ4n) is 3.45. The maximum Gasteiger partial charge on any atom is 0.260 e. The van der Waals surface area contributed by atoms with Gasteiger partial charge in [0.25, 0.3) is 5.91 Å². The van der Waals surface area contributed by atoms with Crippen LogP contribution in [0.15, 0.2) is 48.5 Å². The summed E-state index contributed by atoms with van der Waals surface area (Å²) in [5.74, 6) is 0.873. The maximum atomic E-state index is 12.8. The second-order valence-corrected chi connectivity index (χ2v) is 6.94. The number of amides is 1. The minimum atomic E-state index is -0.0220. The number of piperidine rings is 1. The van der Waals surface area contributed by atoms with Gasteiger partial charge in [0, 0.05) is 24.6 Å². The van der Waals surface area contributed by atoms with Crippen LogP contribution >= 0.6 is 0 Å². The second-order valence-electron chi connectivity index (χ2n) is 6.94. The van der Waals surface area contributed by atoms with Gasteiger partial charge in [0.2, 0.25) is 0 Å². The molecule has 1 aliphatic heterocycles. The van der Waals surface area contributed by atoms with E-state index in [9.17, 15) is 9.59 Å². The molecule has 4 nitrogen and oxygen atoms in total. The summed E-state index contributed by atoms with van der Waals surface area (Å²) < 4.78 is 5.53. The van der Waals surface area contributed by atoms with E-state index in [0.717, 1.165) is 16.7 Å². The van der Waals surface area contributed by atoms with Crippen molar-refractivity contribution in [3.63, 3.8) is 0 Å². The van der Waals surface area contributed by atoms with Crippen LogP contribution in [0.3, 0.4) is 0 Å². The van der Waals surface area contributed by atoms with Gasteiger partial charge in [-0.25, -0.2) is 0 Å². The Morgan fingerprint density at radius 2 is 1.73 bits per heavy atom. The summed E-state index contributed by atoms with van der Waals surface area (Å²) in [7, 11) is 0. The number of benzene rings is 2. The third-order valence-electron chi connectivity index (χ3n) is 4.97. The third-order valence-corrected chi connectivity index (χ3v) is 4.97. The first-order valence-corrected chi connectivity index (χ1v) is 9.11. The van der Waals surface area contributed by atoms with Gasteiger partial charge in [0.15, 0.2) is 12.4 Å². The first kappa shape index (κ1) is 18.2. The van der Waals surface area contributed by atoms with Crippen molar-refractivity contribution in [1.82, 2.24) is 4.90 Å². The molecule has 1 fully saturated rings. The van der Waals surface area contributed by atoms with Gasteiger partial charge in [-0.2, -0.15) is 0 Å². The van der Waals surface area contributed by atoms with Crippen molar-refractivity contribution in [2.45, 2.75) is 26.7 Å². The van der Waals surface area contributed by atoms with E-state index in [4.69, 9.17) is 4.74 Å². The molecule has 0 spiro atoms. The maximum absolute atomic E-state index is 12.8. The van der Waals surface area contributed by atoms with Crippen molar-refractivity contribution >= 4 is 11.7 Å². The van der Waals surface area contributed by atoms with Crippen LogP contribution in [-0.4, -0.2) is 36.3 Å². The minimum Gasteiger partial charge on any atom is -0.484 e. The third kappa shape index (κ3) is 4.31. The molecule has 3 rings (SSSR count). The van der Waals surface area contributed by atoms with Gasteiger partial charge in [0.1, 0.15) is 5.75 Å². The number of Topliss-reactive ketones (excluding diaryl/α,β-unsaturated/α-hetero) is 1. The highest BCUT2D eigenvalue weighted by atomic mass is 16.5. The molecule has 0 saturated carbocycles. The van der Waals surface area contributed by atoms with E-state index in [1.54, 1.807) is 4.90 Å². The van der Waals surface area contributed by atoms with E-state index in [-0.39, 0.29) is 24.2 Å². The highest BCUT2D eigenvalue weighted by Gasteiger charge is 2.28. The lowest BCUT2D eigenvalue weighted by atomic mass is 9.87. The standard InChI is InChI=1S/C22H25NO3/c1-16-8-9-20(17(2)14-16)22(25)18-10-12-23(13-11-18)21(24)15-26-19-6-4-3-5-7-19/h3-9,14,18H,10-13,15H2,1-2H3. The minimum absolute atomic E-state index is 0.00417. The number of hydrogen-bond acceptors (Lipinski definition) is 3. The van der Waals surface area contributed by atoms with Crippen molar-refractivity contribution in [2.24, 2.45) is 5.92 Å². The monoisotopic (exact) mass is 351 g/mol. The number of ketones is 1. The Morgan fingerprint density at radius 1 is 1.04 bits per heavy atom. The number of carbonyl (C=O) groups is 2. The zero-order chi connectivity index (χ0) is 18.5. The lowest BCUT2D eigenvalue weighted by Crippen LogP contribution is -2.42. The topological polar surface area (TPSA) is 46.6 Å². The number of ether oxygens (including phenoxy) is 1. The molecule has 1 amide bonds. The summed E-state index contributed by atoms with van der Waals surface area (Å²) in [6, 6.07) is 15.3. The number of rotatable bonds is 5. The average molecular weight is 351 g/mol. The Bertz CT molecular complexity index is 777. The van der Waals surface area contributed by atoms with E-state index in [1.165, 1.54) is 0 Å². The lowest BCUT2D eigenvalue weighted by Gasteiger charge is -2.31. The van der Waals surface area contributed by atoms with Crippen molar-refractivity contribution < 1.29 is 14.3 Å². The largest absolute Gasteiger partial charge is 0.484 e. The molecule has 0 aliphatic carbocycles. The lowest BCUT2D eigenvalue weighted by molar-refractivity contribution is -0.134. The van der Waals surface area contributed by atoms with Gasteiger partial charge in [-0.15, -0.1) is 0 Å². The molecule has 0 N–H and O–H groups in total. The van der Waals surface area contributed by atoms with Crippen LogP contribution in [0.4, 0.5) is 0 Å². The predicted octanol–water partition coefficient (Wildman–Crippen LogP) is 3.80. The summed E-state index contributed by atoms with van der Waals surface area (Å²) in [5.41, 5.74) is 3.01. The van der Waals surface area contributed by atoms with Crippen molar-refractivity contribution in [3.05, 3.63) is 65.2 Å². The molecule has 26 heavy (non-hydrogen) atoms. The van der Waals surface area contributed by atoms with Crippen molar-refractivity contribution in [2.75, 3.05) is 19.7 Å². The van der Waals surface area contributed by atoms with Crippen LogP contribution in [0.25, 0.3) is 0 Å². The van der Waals surface area contributed by atoms with E-state index in [1.807, 2.05) is 62.4 Å². The van der Waals surface area contributed by atoms with Crippen LogP contribution in [-0.2, 0) is 4.79 Å². The van der Waals surface area contributed by atoms with Gasteiger partial charge in [-0.3, -0.25) is 9.59 Å². The summed E-state index contributed by atoms with van der Waals surface area (Å²) in [6.07, 6.45) is 1.42. The highest BCUT2D eigenvalue weighted by Crippen LogP contribution is 2.24. The number of aryl methyl sites for hydroxylation is 2. The van der Waals surface area contributed by atoms with Gasteiger partial charge in [0.05, 0.1) is 0 Å². The number of carbonyl (C=O) groups excluding carboxylic acids is 2. The molecule has 0 atom stereocenters. The van der Waals surface area contributed by atoms with Crippen LogP contribution in [0.2, 0.25) is 0 Å². The molecule has 2 aromatic carbocycles. The molecule has 1 aliphatic rings. The normalized spacial score (nSPS) is 14.9. The van der Waals surface area contributed by atoms with Crippen molar-refractivity contribution in [1.29, 1.82) is 0 Å². The van der Waals surface area contributed by atoms with Gasteiger partial charge in [-0.1, -0.05) is 42.0 Å². The predicted molar refractivity (Wildman–Crippen MR) is 101 cm³/mol. The first-order chi connectivity index (χ1) is 12.5. The molecule has 0 aromatic heterocycles. The van der Waals surface area contributed by atoms with Gasteiger partial charge in [-0.05, 0) is 44.4 Å². The number of hydrogen-bond donors (Lipinski definition) is 0. The molecular weight excluding hydrogens is 326 g/mol.